The van der Waals surface area contributed by atoms with E-state index >= 15 is 0 Å². The highest BCUT2D eigenvalue weighted by atomic mass is 79.9. The highest BCUT2D eigenvalue weighted by Gasteiger charge is 2.23. The van der Waals surface area contributed by atoms with Crippen LogP contribution >= 0.6 is 28.1 Å². The van der Waals surface area contributed by atoms with E-state index in [-0.39, 0.29) is 12.6 Å². The van der Waals surface area contributed by atoms with Crippen molar-refractivity contribution >= 4 is 38.8 Å². The molecule has 5 heteroatoms. The SMILES string of the molecule is NC(=S)c1ccc(Br)cc1N1CCCCCC1CO. The maximum atomic E-state index is 9.63. The van der Waals surface area contributed by atoms with Gasteiger partial charge in [0.15, 0.2) is 0 Å². The Morgan fingerprint density at radius 2 is 2.21 bits per heavy atom. The third-order valence-corrected chi connectivity index (χ3v) is 4.34. The number of nitrogens with two attached hydrogens (primary N) is 1. The molecule has 1 atom stereocenters. The lowest BCUT2D eigenvalue weighted by Gasteiger charge is -2.32. The minimum Gasteiger partial charge on any atom is -0.394 e. The molecule has 0 spiro atoms. The molecule has 104 valence electrons. The zero-order valence-electron chi connectivity index (χ0n) is 10.8. The molecule has 2 rings (SSSR count). The Bertz CT molecular complexity index is 467. The third-order valence-electron chi connectivity index (χ3n) is 3.62. The highest BCUT2D eigenvalue weighted by molar-refractivity contribution is 9.10. The molecule has 0 saturated carbocycles. The molecule has 3 N–H and O–H groups in total. The van der Waals surface area contributed by atoms with Crippen molar-refractivity contribution in [3.8, 4) is 0 Å². The number of hydrogen-bond donors (Lipinski definition) is 2. The fourth-order valence-electron chi connectivity index (χ4n) is 2.64. The van der Waals surface area contributed by atoms with Crippen molar-refractivity contribution in [2.75, 3.05) is 18.1 Å². The van der Waals surface area contributed by atoms with Gasteiger partial charge in [-0.15, -0.1) is 0 Å². The number of rotatable bonds is 3. The zero-order chi connectivity index (χ0) is 13.8. The number of benzene rings is 1. The van der Waals surface area contributed by atoms with E-state index in [2.05, 4.69) is 20.8 Å². The second-order valence-corrected chi connectivity index (χ2v) is 6.26. The van der Waals surface area contributed by atoms with Gasteiger partial charge in [0.1, 0.15) is 4.99 Å². The molecule has 0 amide bonds. The van der Waals surface area contributed by atoms with Crippen LogP contribution in [-0.2, 0) is 0 Å². The van der Waals surface area contributed by atoms with Crippen molar-refractivity contribution in [2.45, 2.75) is 31.7 Å². The smallest absolute Gasteiger partial charge is 0.106 e. The summed E-state index contributed by atoms with van der Waals surface area (Å²) in [6.07, 6.45) is 4.53. The number of thiocarbonyl (C=S) groups is 1. The predicted octanol–water partition coefficient (Wildman–Crippen LogP) is 2.82. The molecule has 1 fully saturated rings. The molecule has 0 aromatic heterocycles. The summed E-state index contributed by atoms with van der Waals surface area (Å²) >= 11 is 8.64. The summed E-state index contributed by atoms with van der Waals surface area (Å²) in [4.78, 5) is 2.66. The van der Waals surface area contributed by atoms with Gasteiger partial charge in [0.05, 0.1) is 12.6 Å². The van der Waals surface area contributed by atoms with E-state index in [1.807, 2.05) is 18.2 Å². The van der Waals surface area contributed by atoms with E-state index in [4.69, 9.17) is 18.0 Å². The number of nitrogens with zero attached hydrogens (tertiary/aromatic N) is 1. The van der Waals surface area contributed by atoms with Crippen molar-refractivity contribution in [3.05, 3.63) is 28.2 Å². The topological polar surface area (TPSA) is 49.5 Å². The van der Waals surface area contributed by atoms with Crippen LogP contribution in [0.2, 0.25) is 0 Å². The Morgan fingerprint density at radius 1 is 1.42 bits per heavy atom. The standard InChI is InChI=1S/C14H19BrN2OS/c15-10-5-6-12(14(16)19)13(8-10)17-7-3-1-2-4-11(17)9-18/h5-6,8,11,18H,1-4,7,9H2,(H2,16,19). The minimum absolute atomic E-state index is 0.157. The van der Waals surface area contributed by atoms with Crippen LogP contribution in [0.4, 0.5) is 5.69 Å². The number of aliphatic hydroxyl groups excluding tert-OH is 1. The van der Waals surface area contributed by atoms with Crippen molar-refractivity contribution in [1.82, 2.24) is 0 Å². The molecular formula is C14H19BrN2OS. The van der Waals surface area contributed by atoms with Crippen molar-refractivity contribution in [2.24, 2.45) is 5.73 Å². The Morgan fingerprint density at radius 3 is 2.89 bits per heavy atom. The van der Waals surface area contributed by atoms with Crippen LogP contribution in [0.1, 0.15) is 31.2 Å². The molecule has 1 aliphatic heterocycles. The van der Waals surface area contributed by atoms with Crippen LogP contribution in [0.25, 0.3) is 0 Å². The molecule has 0 aliphatic carbocycles. The first kappa shape index (κ1) is 14.8. The number of hydrogen-bond acceptors (Lipinski definition) is 3. The quantitative estimate of drug-likeness (QED) is 0.829. The number of halogens is 1. The van der Waals surface area contributed by atoms with Gasteiger partial charge in [-0.2, -0.15) is 0 Å². The van der Waals surface area contributed by atoms with Gasteiger partial charge in [0, 0.05) is 22.3 Å². The van der Waals surface area contributed by atoms with Crippen molar-refractivity contribution < 1.29 is 5.11 Å². The average Bonchev–Trinajstić information content (AvgIpc) is 2.63. The first-order chi connectivity index (χ1) is 9.13. The van der Waals surface area contributed by atoms with E-state index < -0.39 is 0 Å². The second-order valence-electron chi connectivity index (χ2n) is 4.90. The van der Waals surface area contributed by atoms with Gasteiger partial charge in [0.2, 0.25) is 0 Å². The lowest BCUT2D eigenvalue weighted by molar-refractivity contribution is 0.255. The molecule has 19 heavy (non-hydrogen) atoms. The monoisotopic (exact) mass is 342 g/mol. The summed E-state index contributed by atoms with van der Waals surface area (Å²) in [5, 5.41) is 9.63. The van der Waals surface area contributed by atoms with Gasteiger partial charge in [0.25, 0.3) is 0 Å². The van der Waals surface area contributed by atoms with Crippen LogP contribution in [0.3, 0.4) is 0 Å². The normalized spacial score (nSPS) is 20.1. The van der Waals surface area contributed by atoms with Gasteiger partial charge >= 0.3 is 0 Å². The predicted molar refractivity (Wildman–Crippen MR) is 86.7 cm³/mol. The Balaban J connectivity index is 2.42. The lowest BCUT2D eigenvalue weighted by atomic mass is 10.1. The molecule has 1 unspecified atom stereocenters. The molecule has 1 aliphatic rings. The lowest BCUT2D eigenvalue weighted by Crippen LogP contribution is -2.38. The first-order valence-electron chi connectivity index (χ1n) is 6.60. The van der Waals surface area contributed by atoms with E-state index in [1.165, 1.54) is 6.42 Å². The molecule has 1 aromatic rings. The van der Waals surface area contributed by atoms with Crippen LogP contribution < -0.4 is 10.6 Å². The molecular weight excluding hydrogens is 324 g/mol. The molecule has 0 radical (unpaired) electrons. The van der Waals surface area contributed by atoms with Crippen LogP contribution in [0.15, 0.2) is 22.7 Å². The van der Waals surface area contributed by atoms with Gasteiger partial charge in [-0.25, -0.2) is 0 Å². The fourth-order valence-corrected chi connectivity index (χ4v) is 3.16. The number of aliphatic hydroxyl groups is 1. The summed E-state index contributed by atoms with van der Waals surface area (Å²) < 4.78 is 1.00. The average molecular weight is 343 g/mol. The van der Waals surface area contributed by atoms with Crippen molar-refractivity contribution in [1.29, 1.82) is 0 Å². The van der Waals surface area contributed by atoms with Crippen molar-refractivity contribution in [3.63, 3.8) is 0 Å². The minimum atomic E-state index is 0.157. The Hall–Kier alpha value is -0.650. The zero-order valence-corrected chi connectivity index (χ0v) is 13.2. The molecule has 3 nitrogen and oxygen atoms in total. The first-order valence-corrected chi connectivity index (χ1v) is 7.80. The number of anilines is 1. The highest BCUT2D eigenvalue weighted by Crippen LogP contribution is 2.30. The van der Waals surface area contributed by atoms with Crippen LogP contribution in [0, 0.1) is 0 Å². The van der Waals surface area contributed by atoms with Gasteiger partial charge < -0.3 is 15.7 Å². The Labute approximate surface area is 127 Å². The summed E-state index contributed by atoms with van der Waals surface area (Å²) in [6, 6.07) is 6.10. The maximum absolute atomic E-state index is 9.63. The third kappa shape index (κ3) is 3.46. The van der Waals surface area contributed by atoms with Crippen LogP contribution in [0.5, 0.6) is 0 Å². The molecule has 1 saturated heterocycles. The Kier molecular flexibility index (Phi) is 5.19. The van der Waals surface area contributed by atoms with Gasteiger partial charge in [-0.3, -0.25) is 0 Å². The van der Waals surface area contributed by atoms with Gasteiger partial charge in [-0.05, 0) is 31.0 Å². The summed E-state index contributed by atoms with van der Waals surface area (Å²) in [7, 11) is 0. The molecule has 0 bridgehead atoms. The molecule has 1 aromatic carbocycles. The second kappa shape index (κ2) is 6.68. The largest absolute Gasteiger partial charge is 0.394 e. The summed E-state index contributed by atoms with van der Waals surface area (Å²) in [5.74, 6) is 0. The fraction of sp³-hybridized carbons (Fsp3) is 0.500. The van der Waals surface area contributed by atoms with Gasteiger partial charge in [-0.1, -0.05) is 41.0 Å². The summed E-state index contributed by atoms with van der Waals surface area (Å²) in [6.45, 7) is 1.11. The molecule has 1 heterocycles. The van der Waals surface area contributed by atoms with E-state index in [9.17, 15) is 5.11 Å². The van der Waals surface area contributed by atoms with E-state index in [0.29, 0.717) is 4.99 Å². The summed E-state index contributed by atoms with van der Waals surface area (Å²) in [5.41, 5.74) is 7.74. The van der Waals surface area contributed by atoms with E-state index in [0.717, 1.165) is 41.5 Å². The van der Waals surface area contributed by atoms with E-state index in [1.54, 1.807) is 0 Å². The maximum Gasteiger partial charge on any atom is 0.106 e. The van der Waals surface area contributed by atoms with Crippen LogP contribution in [-0.4, -0.2) is 29.3 Å².